The Hall–Kier alpha value is -3.01. The van der Waals surface area contributed by atoms with Crippen LogP contribution in [-0.2, 0) is 39.1 Å². The molecular weight excluding hydrogens is 406 g/mol. The summed E-state index contributed by atoms with van der Waals surface area (Å²) in [7, 11) is -3.70. The van der Waals surface area contributed by atoms with Gasteiger partial charge in [0.05, 0.1) is 24.7 Å². The molecule has 4 rings (SSSR count). The number of ether oxygens (including phenoxy) is 1. The van der Waals surface area contributed by atoms with E-state index in [1.807, 2.05) is 12.1 Å². The van der Waals surface area contributed by atoms with Gasteiger partial charge in [-0.3, -0.25) is 4.79 Å². The van der Waals surface area contributed by atoms with E-state index < -0.39 is 10.0 Å². The normalized spacial score (nSPS) is 13.6. The molecular formula is C21H21N3O5S. The van der Waals surface area contributed by atoms with Gasteiger partial charge in [-0.2, -0.15) is 0 Å². The summed E-state index contributed by atoms with van der Waals surface area (Å²) in [5, 5.41) is 6.68. The molecule has 3 aromatic rings. The van der Waals surface area contributed by atoms with E-state index in [1.165, 1.54) is 6.92 Å². The zero-order valence-electron chi connectivity index (χ0n) is 16.3. The first-order valence-corrected chi connectivity index (χ1v) is 10.9. The Labute approximate surface area is 174 Å². The predicted octanol–water partition coefficient (Wildman–Crippen LogP) is 2.85. The highest BCUT2D eigenvalue weighted by molar-refractivity contribution is 7.89. The highest BCUT2D eigenvalue weighted by Crippen LogP contribution is 2.24. The number of hydrogen-bond donors (Lipinski definition) is 2. The second-order valence-electron chi connectivity index (χ2n) is 6.94. The molecule has 30 heavy (non-hydrogen) atoms. The first kappa shape index (κ1) is 20.3. The Morgan fingerprint density at radius 2 is 1.73 bits per heavy atom. The molecule has 1 amide bonds. The lowest BCUT2D eigenvalue weighted by atomic mass is 10.1. The molecule has 1 aliphatic rings. The molecule has 9 heteroatoms. The average molecular weight is 427 g/mol. The number of benzene rings is 2. The van der Waals surface area contributed by atoms with Gasteiger partial charge in [-0.25, -0.2) is 13.1 Å². The van der Waals surface area contributed by atoms with Crippen molar-refractivity contribution in [2.75, 3.05) is 11.9 Å². The number of rotatable bonds is 6. The number of anilines is 1. The number of carbonyl (C=O) groups is 1. The van der Waals surface area contributed by atoms with Crippen LogP contribution in [0.3, 0.4) is 0 Å². The molecule has 2 aromatic carbocycles. The molecule has 0 fully saturated rings. The summed E-state index contributed by atoms with van der Waals surface area (Å²) in [4.78, 5) is 11.3. The van der Waals surface area contributed by atoms with Crippen LogP contribution in [0.15, 0.2) is 57.9 Å². The van der Waals surface area contributed by atoms with E-state index in [1.54, 1.807) is 36.4 Å². The van der Waals surface area contributed by atoms with E-state index in [0.717, 1.165) is 22.5 Å². The Kier molecular flexibility index (Phi) is 5.67. The number of nitrogens with zero attached hydrogens (tertiary/aromatic N) is 1. The molecule has 0 saturated carbocycles. The molecule has 2 heterocycles. The van der Waals surface area contributed by atoms with Crippen molar-refractivity contribution < 1.29 is 22.5 Å². The van der Waals surface area contributed by atoms with Crippen LogP contribution >= 0.6 is 0 Å². The number of nitrogens with one attached hydrogen (secondary N) is 2. The smallest absolute Gasteiger partial charge is 0.240 e. The number of aromatic nitrogens is 1. The summed E-state index contributed by atoms with van der Waals surface area (Å²) < 4.78 is 38.5. The van der Waals surface area contributed by atoms with Crippen LogP contribution in [0, 0.1) is 0 Å². The molecule has 1 aromatic heterocycles. The van der Waals surface area contributed by atoms with Crippen LogP contribution in [0.4, 0.5) is 5.69 Å². The molecule has 0 saturated heterocycles. The third-order valence-corrected chi connectivity index (χ3v) is 6.22. The summed E-state index contributed by atoms with van der Waals surface area (Å²) in [5.74, 6) is 0.618. The number of hydrogen-bond acceptors (Lipinski definition) is 6. The van der Waals surface area contributed by atoms with E-state index in [2.05, 4.69) is 15.2 Å². The first-order valence-electron chi connectivity index (χ1n) is 9.44. The summed E-state index contributed by atoms with van der Waals surface area (Å²) in [6.45, 7) is 2.45. The van der Waals surface area contributed by atoms with Crippen molar-refractivity contribution in [1.29, 1.82) is 0 Å². The maximum atomic E-state index is 12.6. The lowest BCUT2D eigenvalue weighted by molar-refractivity contribution is -0.114. The predicted molar refractivity (Wildman–Crippen MR) is 110 cm³/mol. The molecule has 0 aliphatic carbocycles. The van der Waals surface area contributed by atoms with Crippen molar-refractivity contribution >= 4 is 21.6 Å². The summed E-state index contributed by atoms with van der Waals surface area (Å²) in [6.07, 6.45) is 0.641. The first-order chi connectivity index (χ1) is 14.4. The highest BCUT2D eigenvalue weighted by Gasteiger charge is 2.22. The Balaban J connectivity index is 1.45. The number of sulfonamides is 1. The third kappa shape index (κ3) is 4.43. The van der Waals surface area contributed by atoms with E-state index in [-0.39, 0.29) is 17.3 Å². The minimum Gasteiger partial charge on any atom is -0.376 e. The van der Waals surface area contributed by atoms with Crippen molar-refractivity contribution in [3.05, 3.63) is 65.5 Å². The maximum absolute atomic E-state index is 12.6. The lowest BCUT2D eigenvalue weighted by Gasteiger charge is -2.11. The van der Waals surface area contributed by atoms with Gasteiger partial charge in [0.1, 0.15) is 11.5 Å². The molecule has 2 N–H and O–H groups in total. The zero-order valence-corrected chi connectivity index (χ0v) is 17.2. The van der Waals surface area contributed by atoms with Crippen molar-refractivity contribution in [3.8, 4) is 11.1 Å². The molecule has 8 nitrogen and oxygen atoms in total. The van der Waals surface area contributed by atoms with Gasteiger partial charge in [-0.05, 0) is 35.4 Å². The fourth-order valence-corrected chi connectivity index (χ4v) is 4.23. The van der Waals surface area contributed by atoms with Gasteiger partial charge in [0.25, 0.3) is 0 Å². The van der Waals surface area contributed by atoms with E-state index in [9.17, 15) is 13.2 Å². The SMILES string of the molecule is CC(=O)Nc1ccc(-c2ccc(S(=O)(=O)NCc3noc4c3COCC4)cc2)cc1. The maximum Gasteiger partial charge on any atom is 0.240 e. The average Bonchev–Trinajstić information content (AvgIpc) is 3.16. The minimum atomic E-state index is -3.70. The van der Waals surface area contributed by atoms with Crippen molar-refractivity contribution in [2.45, 2.75) is 31.4 Å². The molecule has 0 spiro atoms. The fourth-order valence-electron chi connectivity index (χ4n) is 3.24. The lowest BCUT2D eigenvalue weighted by Crippen LogP contribution is -2.24. The molecule has 156 valence electrons. The quantitative estimate of drug-likeness (QED) is 0.626. The van der Waals surface area contributed by atoms with Crippen LogP contribution in [0.2, 0.25) is 0 Å². The van der Waals surface area contributed by atoms with Crippen LogP contribution in [0.1, 0.15) is 23.9 Å². The summed E-state index contributed by atoms with van der Waals surface area (Å²) >= 11 is 0. The highest BCUT2D eigenvalue weighted by atomic mass is 32.2. The molecule has 0 bridgehead atoms. The topological polar surface area (TPSA) is 111 Å². The fraction of sp³-hybridized carbons (Fsp3) is 0.238. The third-order valence-electron chi connectivity index (χ3n) is 4.80. The van der Waals surface area contributed by atoms with Gasteiger partial charge in [0, 0.05) is 24.6 Å². The van der Waals surface area contributed by atoms with Gasteiger partial charge < -0.3 is 14.6 Å². The second-order valence-corrected chi connectivity index (χ2v) is 8.71. The van der Waals surface area contributed by atoms with Crippen molar-refractivity contribution in [2.24, 2.45) is 0 Å². The standard InChI is InChI=1S/C21H21N3O5S/c1-14(25)23-17-6-2-15(3-7-17)16-4-8-18(9-5-16)30(26,27)22-12-20-19-13-28-11-10-21(19)29-24-20/h2-9,22H,10-13H2,1H3,(H,23,25). The van der Waals surface area contributed by atoms with Crippen molar-refractivity contribution in [1.82, 2.24) is 9.88 Å². The summed E-state index contributed by atoms with van der Waals surface area (Å²) in [5.41, 5.74) is 3.85. The van der Waals surface area contributed by atoms with Gasteiger partial charge in [0.2, 0.25) is 15.9 Å². The van der Waals surface area contributed by atoms with Gasteiger partial charge in [-0.15, -0.1) is 0 Å². The largest absolute Gasteiger partial charge is 0.376 e. The number of amides is 1. The zero-order chi connectivity index (χ0) is 21.1. The minimum absolute atomic E-state index is 0.0386. The van der Waals surface area contributed by atoms with Crippen molar-refractivity contribution in [3.63, 3.8) is 0 Å². The molecule has 0 radical (unpaired) electrons. The van der Waals surface area contributed by atoms with Crippen LogP contribution < -0.4 is 10.0 Å². The number of carbonyl (C=O) groups excluding carboxylic acids is 1. The van der Waals surface area contributed by atoms with Crippen LogP contribution in [-0.4, -0.2) is 26.1 Å². The summed E-state index contributed by atoms with van der Waals surface area (Å²) in [6, 6.07) is 13.9. The van der Waals surface area contributed by atoms with Crippen LogP contribution in [0.25, 0.3) is 11.1 Å². The number of fused-ring (bicyclic) bond motifs is 1. The molecule has 1 aliphatic heterocycles. The van der Waals surface area contributed by atoms with Gasteiger partial charge >= 0.3 is 0 Å². The Bertz CT molecular complexity index is 1150. The second kappa shape index (κ2) is 8.39. The van der Waals surface area contributed by atoms with Crippen LogP contribution in [0.5, 0.6) is 0 Å². The molecule has 0 atom stereocenters. The van der Waals surface area contributed by atoms with E-state index in [0.29, 0.717) is 31.0 Å². The van der Waals surface area contributed by atoms with Gasteiger partial charge in [-0.1, -0.05) is 29.4 Å². The molecule has 0 unspecified atom stereocenters. The monoisotopic (exact) mass is 427 g/mol. The van der Waals surface area contributed by atoms with E-state index in [4.69, 9.17) is 9.26 Å². The van der Waals surface area contributed by atoms with Gasteiger partial charge in [0.15, 0.2) is 0 Å². The Morgan fingerprint density at radius 3 is 2.40 bits per heavy atom. The van der Waals surface area contributed by atoms with E-state index >= 15 is 0 Å². The Morgan fingerprint density at radius 1 is 1.07 bits per heavy atom.